The molecule has 2 aliphatic rings. The highest BCUT2D eigenvalue weighted by Crippen LogP contribution is 2.33. The van der Waals surface area contributed by atoms with Crippen LogP contribution < -0.4 is 0 Å². The molecule has 1 aliphatic heterocycles. The Morgan fingerprint density at radius 3 is 2.58 bits per heavy atom. The molecule has 0 bridgehead atoms. The summed E-state index contributed by atoms with van der Waals surface area (Å²) in [4.78, 5) is 25.2. The van der Waals surface area contributed by atoms with E-state index in [4.69, 9.17) is 14.6 Å². The standard InChI is InChI=1S/C13H21NO5/c1-18-13(5-3-2-4-6-13)12(17)14-7-8-19-10(9-14)11(15)16/h10H,2-9H2,1H3,(H,15,16). The van der Waals surface area contributed by atoms with Crippen LogP contribution in [0.15, 0.2) is 0 Å². The van der Waals surface area contributed by atoms with E-state index in [2.05, 4.69) is 0 Å². The van der Waals surface area contributed by atoms with Crippen molar-refractivity contribution in [3.05, 3.63) is 0 Å². The maximum Gasteiger partial charge on any atom is 0.334 e. The van der Waals surface area contributed by atoms with Crippen molar-refractivity contribution in [2.24, 2.45) is 0 Å². The largest absolute Gasteiger partial charge is 0.479 e. The number of morpholine rings is 1. The van der Waals surface area contributed by atoms with Crippen LogP contribution in [0.1, 0.15) is 32.1 Å². The molecule has 1 atom stereocenters. The molecular formula is C13H21NO5. The molecule has 6 nitrogen and oxygen atoms in total. The quantitative estimate of drug-likeness (QED) is 0.815. The number of carbonyl (C=O) groups excluding carboxylic acids is 1. The number of hydrogen-bond acceptors (Lipinski definition) is 4. The average Bonchev–Trinajstić information content (AvgIpc) is 2.47. The predicted molar refractivity (Wildman–Crippen MR) is 66.8 cm³/mol. The normalized spacial score (nSPS) is 27.0. The molecule has 1 N–H and O–H groups in total. The van der Waals surface area contributed by atoms with Crippen molar-refractivity contribution in [2.75, 3.05) is 26.8 Å². The van der Waals surface area contributed by atoms with Crippen molar-refractivity contribution >= 4 is 11.9 Å². The average molecular weight is 271 g/mol. The molecule has 1 aliphatic carbocycles. The summed E-state index contributed by atoms with van der Waals surface area (Å²) in [7, 11) is 1.57. The van der Waals surface area contributed by atoms with Crippen LogP contribution in [0.3, 0.4) is 0 Å². The lowest BCUT2D eigenvalue weighted by atomic mass is 9.83. The van der Waals surface area contributed by atoms with Gasteiger partial charge in [-0.2, -0.15) is 0 Å². The fourth-order valence-electron chi connectivity index (χ4n) is 2.90. The molecular weight excluding hydrogens is 250 g/mol. The molecule has 2 rings (SSSR count). The molecule has 1 heterocycles. The van der Waals surface area contributed by atoms with Gasteiger partial charge in [0.1, 0.15) is 5.60 Å². The van der Waals surface area contributed by atoms with Crippen molar-refractivity contribution < 1.29 is 24.2 Å². The summed E-state index contributed by atoms with van der Waals surface area (Å²) in [6, 6.07) is 0. The first kappa shape index (κ1) is 14.3. The minimum atomic E-state index is -1.02. The van der Waals surface area contributed by atoms with E-state index in [9.17, 15) is 9.59 Å². The Labute approximate surface area is 112 Å². The fraction of sp³-hybridized carbons (Fsp3) is 0.846. The van der Waals surface area contributed by atoms with Crippen LogP contribution in [0.4, 0.5) is 0 Å². The molecule has 0 aromatic heterocycles. The maximum atomic E-state index is 12.6. The van der Waals surface area contributed by atoms with Gasteiger partial charge in [0.2, 0.25) is 0 Å². The minimum absolute atomic E-state index is 0.0794. The highest BCUT2D eigenvalue weighted by atomic mass is 16.5. The monoisotopic (exact) mass is 271 g/mol. The van der Waals surface area contributed by atoms with Crippen LogP contribution in [0.2, 0.25) is 0 Å². The van der Waals surface area contributed by atoms with Gasteiger partial charge in [-0.25, -0.2) is 4.79 Å². The number of hydrogen-bond donors (Lipinski definition) is 1. The second-order valence-corrected chi connectivity index (χ2v) is 5.21. The van der Waals surface area contributed by atoms with E-state index in [-0.39, 0.29) is 19.1 Å². The Hall–Kier alpha value is -1.14. The third kappa shape index (κ3) is 2.90. The summed E-state index contributed by atoms with van der Waals surface area (Å²) in [5, 5.41) is 8.98. The first-order chi connectivity index (χ1) is 9.09. The summed E-state index contributed by atoms with van der Waals surface area (Å²) in [5.74, 6) is -1.10. The van der Waals surface area contributed by atoms with Crippen molar-refractivity contribution in [2.45, 2.75) is 43.8 Å². The number of carboxylic acids is 1. The van der Waals surface area contributed by atoms with E-state index >= 15 is 0 Å². The lowest BCUT2D eigenvalue weighted by Crippen LogP contribution is -2.57. The minimum Gasteiger partial charge on any atom is -0.479 e. The number of aliphatic carboxylic acids is 1. The summed E-state index contributed by atoms with van der Waals surface area (Å²) in [5.41, 5.74) is -0.751. The molecule has 1 saturated carbocycles. The topological polar surface area (TPSA) is 76.1 Å². The Bertz CT molecular complexity index is 351. The van der Waals surface area contributed by atoms with Crippen LogP contribution in [0.25, 0.3) is 0 Å². The molecule has 6 heteroatoms. The van der Waals surface area contributed by atoms with Gasteiger partial charge in [-0.3, -0.25) is 4.79 Å². The number of ether oxygens (including phenoxy) is 2. The lowest BCUT2D eigenvalue weighted by Gasteiger charge is -2.40. The van der Waals surface area contributed by atoms with Crippen LogP contribution in [0.5, 0.6) is 0 Å². The van der Waals surface area contributed by atoms with E-state index in [1.807, 2.05) is 0 Å². The summed E-state index contributed by atoms with van der Waals surface area (Å²) >= 11 is 0. The van der Waals surface area contributed by atoms with Gasteiger partial charge in [-0.15, -0.1) is 0 Å². The zero-order chi connectivity index (χ0) is 13.9. The highest BCUT2D eigenvalue weighted by Gasteiger charge is 2.44. The van der Waals surface area contributed by atoms with Gasteiger partial charge in [0.15, 0.2) is 6.10 Å². The van der Waals surface area contributed by atoms with Gasteiger partial charge >= 0.3 is 5.97 Å². The zero-order valence-electron chi connectivity index (χ0n) is 11.3. The zero-order valence-corrected chi connectivity index (χ0v) is 11.3. The van der Waals surface area contributed by atoms with Gasteiger partial charge in [0.25, 0.3) is 5.91 Å². The third-order valence-electron chi connectivity index (χ3n) is 4.07. The number of carboxylic acid groups (broad SMARTS) is 1. The number of carbonyl (C=O) groups is 2. The smallest absolute Gasteiger partial charge is 0.334 e. The second-order valence-electron chi connectivity index (χ2n) is 5.21. The Morgan fingerprint density at radius 1 is 1.32 bits per heavy atom. The molecule has 0 radical (unpaired) electrons. The van der Waals surface area contributed by atoms with Crippen LogP contribution in [-0.2, 0) is 19.1 Å². The van der Waals surface area contributed by atoms with Crippen molar-refractivity contribution in [1.29, 1.82) is 0 Å². The third-order valence-corrected chi connectivity index (χ3v) is 4.07. The highest BCUT2D eigenvalue weighted by molar-refractivity contribution is 5.86. The van der Waals surface area contributed by atoms with Crippen LogP contribution in [-0.4, -0.2) is 60.4 Å². The van der Waals surface area contributed by atoms with Gasteiger partial charge < -0.3 is 19.5 Å². The number of rotatable bonds is 3. The summed E-state index contributed by atoms with van der Waals surface area (Å²) in [6.07, 6.45) is 3.60. The van der Waals surface area contributed by atoms with Gasteiger partial charge in [-0.1, -0.05) is 19.3 Å². The van der Waals surface area contributed by atoms with E-state index in [1.54, 1.807) is 12.0 Å². The molecule has 0 aromatic rings. The van der Waals surface area contributed by atoms with Crippen molar-refractivity contribution in [3.63, 3.8) is 0 Å². The first-order valence-corrected chi connectivity index (χ1v) is 6.78. The van der Waals surface area contributed by atoms with Crippen LogP contribution >= 0.6 is 0 Å². The van der Waals surface area contributed by atoms with Crippen molar-refractivity contribution in [1.82, 2.24) is 4.90 Å². The maximum absolute atomic E-state index is 12.6. The molecule has 0 aromatic carbocycles. The molecule has 19 heavy (non-hydrogen) atoms. The number of methoxy groups -OCH3 is 1. The Balaban J connectivity index is 2.06. The number of amides is 1. The molecule has 1 saturated heterocycles. The second kappa shape index (κ2) is 5.88. The van der Waals surface area contributed by atoms with E-state index in [1.165, 1.54) is 0 Å². The van der Waals surface area contributed by atoms with Gasteiger partial charge in [0, 0.05) is 13.7 Å². The van der Waals surface area contributed by atoms with Crippen molar-refractivity contribution in [3.8, 4) is 0 Å². The van der Waals surface area contributed by atoms with Gasteiger partial charge in [-0.05, 0) is 12.8 Å². The molecule has 1 unspecified atom stereocenters. The number of nitrogens with zero attached hydrogens (tertiary/aromatic N) is 1. The van der Waals surface area contributed by atoms with E-state index < -0.39 is 17.7 Å². The summed E-state index contributed by atoms with van der Waals surface area (Å²) < 4.78 is 10.6. The molecule has 0 spiro atoms. The predicted octanol–water partition coefficient (Wildman–Crippen LogP) is 0.648. The molecule has 108 valence electrons. The Morgan fingerprint density at radius 2 is 2.00 bits per heavy atom. The molecule has 1 amide bonds. The summed E-state index contributed by atoms with van der Waals surface area (Å²) in [6.45, 7) is 0.815. The van der Waals surface area contributed by atoms with Crippen LogP contribution in [0, 0.1) is 0 Å². The van der Waals surface area contributed by atoms with E-state index in [0.717, 1.165) is 32.1 Å². The SMILES string of the molecule is COC1(C(=O)N2CCOC(C(=O)O)C2)CCCCC1. The Kier molecular flexibility index (Phi) is 4.42. The van der Waals surface area contributed by atoms with E-state index in [0.29, 0.717) is 6.54 Å². The van der Waals surface area contributed by atoms with Gasteiger partial charge in [0.05, 0.1) is 13.2 Å². The fourth-order valence-corrected chi connectivity index (χ4v) is 2.90. The first-order valence-electron chi connectivity index (χ1n) is 6.78. The molecule has 2 fully saturated rings. The lowest BCUT2D eigenvalue weighted by molar-refractivity contribution is -0.171.